The van der Waals surface area contributed by atoms with Gasteiger partial charge in [0, 0.05) is 39.6 Å². The van der Waals surface area contributed by atoms with E-state index in [9.17, 15) is 0 Å². The molecule has 1 heterocycles. The summed E-state index contributed by atoms with van der Waals surface area (Å²) in [6.45, 7) is 1.80. The Bertz CT molecular complexity index is 235. The summed E-state index contributed by atoms with van der Waals surface area (Å²) in [6, 6.07) is 1.97. The molecule has 13 heavy (non-hydrogen) atoms. The topological polar surface area (TPSA) is 39.1 Å². The van der Waals surface area contributed by atoms with Crippen LogP contribution in [0.15, 0.2) is 12.3 Å². The van der Waals surface area contributed by atoms with Crippen LogP contribution in [0.5, 0.6) is 0 Å². The molecule has 0 aromatic carbocycles. The van der Waals surface area contributed by atoms with Gasteiger partial charge < -0.3 is 10.1 Å². The second kappa shape index (κ2) is 5.59. The lowest BCUT2D eigenvalue weighted by atomic mass is 10.3. The number of hydrogen-bond acceptors (Lipinski definition) is 3. The van der Waals surface area contributed by atoms with Crippen molar-refractivity contribution in [2.24, 2.45) is 7.05 Å². The lowest BCUT2D eigenvalue weighted by Gasteiger charge is -2.01. The fourth-order valence-corrected chi connectivity index (χ4v) is 1.10. The molecule has 74 valence electrons. The van der Waals surface area contributed by atoms with Crippen LogP contribution in [0, 0.1) is 0 Å². The quantitative estimate of drug-likeness (QED) is 0.675. The molecule has 4 heteroatoms. The molecular formula is C9H17N3O. The van der Waals surface area contributed by atoms with Gasteiger partial charge in [-0.05, 0) is 12.8 Å². The first-order valence-electron chi connectivity index (χ1n) is 4.55. The summed E-state index contributed by atoms with van der Waals surface area (Å²) in [5, 5.41) is 7.44. The van der Waals surface area contributed by atoms with E-state index in [0.717, 1.165) is 31.8 Å². The Morgan fingerprint density at radius 3 is 3.00 bits per heavy atom. The SMILES string of the molecule is COCCCCNc1ccn(C)n1. The number of rotatable bonds is 6. The van der Waals surface area contributed by atoms with E-state index in [4.69, 9.17) is 4.74 Å². The molecule has 0 aliphatic rings. The fourth-order valence-electron chi connectivity index (χ4n) is 1.10. The zero-order chi connectivity index (χ0) is 9.52. The predicted molar refractivity (Wildman–Crippen MR) is 52.8 cm³/mol. The van der Waals surface area contributed by atoms with Gasteiger partial charge >= 0.3 is 0 Å². The zero-order valence-corrected chi connectivity index (χ0v) is 8.29. The van der Waals surface area contributed by atoms with E-state index in [0.29, 0.717) is 0 Å². The van der Waals surface area contributed by atoms with Crippen LogP contribution in [-0.2, 0) is 11.8 Å². The Hall–Kier alpha value is -1.03. The van der Waals surface area contributed by atoms with Crippen molar-refractivity contribution < 1.29 is 4.74 Å². The number of anilines is 1. The molecule has 0 aliphatic carbocycles. The molecule has 0 atom stereocenters. The Morgan fingerprint density at radius 1 is 1.54 bits per heavy atom. The zero-order valence-electron chi connectivity index (χ0n) is 8.29. The highest BCUT2D eigenvalue weighted by atomic mass is 16.5. The van der Waals surface area contributed by atoms with Crippen LogP contribution in [0.25, 0.3) is 0 Å². The van der Waals surface area contributed by atoms with Gasteiger partial charge in [0.1, 0.15) is 5.82 Å². The lowest BCUT2D eigenvalue weighted by molar-refractivity contribution is 0.194. The Morgan fingerprint density at radius 2 is 2.38 bits per heavy atom. The molecule has 0 aliphatic heterocycles. The summed E-state index contributed by atoms with van der Waals surface area (Å²) < 4.78 is 6.74. The largest absolute Gasteiger partial charge is 0.385 e. The van der Waals surface area contributed by atoms with E-state index >= 15 is 0 Å². The van der Waals surface area contributed by atoms with Gasteiger partial charge in [-0.15, -0.1) is 0 Å². The minimum Gasteiger partial charge on any atom is -0.385 e. The highest BCUT2D eigenvalue weighted by molar-refractivity contribution is 5.31. The number of nitrogens with zero attached hydrogens (tertiary/aromatic N) is 2. The van der Waals surface area contributed by atoms with E-state index in [1.807, 2.05) is 19.3 Å². The third kappa shape index (κ3) is 3.94. The summed E-state index contributed by atoms with van der Waals surface area (Å²) in [7, 11) is 3.64. The van der Waals surface area contributed by atoms with Crippen molar-refractivity contribution in [2.75, 3.05) is 25.6 Å². The molecule has 1 N–H and O–H groups in total. The van der Waals surface area contributed by atoms with Crippen LogP contribution in [0.3, 0.4) is 0 Å². The van der Waals surface area contributed by atoms with E-state index in [1.54, 1.807) is 11.8 Å². The minimum atomic E-state index is 0.837. The molecule has 0 radical (unpaired) electrons. The van der Waals surface area contributed by atoms with Crippen LogP contribution in [0.2, 0.25) is 0 Å². The van der Waals surface area contributed by atoms with Crippen LogP contribution in [0.4, 0.5) is 5.82 Å². The summed E-state index contributed by atoms with van der Waals surface area (Å²) in [5.41, 5.74) is 0. The maximum Gasteiger partial charge on any atom is 0.147 e. The Balaban J connectivity index is 2.06. The van der Waals surface area contributed by atoms with Crippen molar-refractivity contribution in [2.45, 2.75) is 12.8 Å². The number of ether oxygens (including phenoxy) is 1. The fraction of sp³-hybridized carbons (Fsp3) is 0.667. The van der Waals surface area contributed by atoms with Crippen molar-refractivity contribution in [1.82, 2.24) is 9.78 Å². The van der Waals surface area contributed by atoms with Crippen LogP contribution in [-0.4, -0.2) is 30.0 Å². The van der Waals surface area contributed by atoms with Crippen molar-refractivity contribution in [3.8, 4) is 0 Å². The molecule has 0 saturated heterocycles. The van der Waals surface area contributed by atoms with Crippen LogP contribution >= 0.6 is 0 Å². The molecule has 0 unspecified atom stereocenters. The first-order chi connectivity index (χ1) is 6.33. The highest BCUT2D eigenvalue weighted by Gasteiger charge is 1.93. The van der Waals surface area contributed by atoms with Crippen LogP contribution < -0.4 is 5.32 Å². The van der Waals surface area contributed by atoms with E-state index < -0.39 is 0 Å². The smallest absolute Gasteiger partial charge is 0.147 e. The first-order valence-corrected chi connectivity index (χ1v) is 4.55. The van der Waals surface area contributed by atoms with E-state index in [-0.39, 0.29) is 0 Å². The van der Waals surface area contributed by atoms with Gasteiger partial charge in [-0.3, -0.25) is 4.68 Å². The summed E-state index contributed by atoms with van der Waals surface area (Å²) in [5.74, 6) is 0.944. The van der Waals surface area contributed by atoms with E-state index in [2.05, 4.69) is 10.4 Å². The van der Waals surface area contributed by atoms with Gasteiger partial charge in [-0.2, -0.15) is 5.10 Å². The van der Waals surface area contributed by atoms with Crippen molar-refractivity contribution >= 4 is 5.82 Å². The maximum atomic E-state index is 4.95. The van der Waals surface area contributed by atoms with Crippen LogP contribution in [0.1, 0.15) is 12.8 Å². The molecule has 0 fully saturated rings. The van der Waals surface area contributed by atoms with Crippen molar-refractivity contribution in [1.29, 1.82) is 0 Å². The van der Waals surface area contributed by atoms with Gasteiger partial charge in [0.15, 0.2) is 0 Å². The predicted octanol–water partition coefficient (Wildman–Crippen LogP) is 1.26. The standard InChI is InChI=1S/C9H17N3O/c1-12-7-5-9(11-12)10-6-3-4-8-13-2/h5,7H,3-4,6,8H2,1-2H3,(H,10,11). The van der Waals surface area contributed by atoms with E-state index in [1.165, 1.54) is 0 Å². The highest BCUT2D eigenvalue weighted by Crippen LogP contribution is 2.01. The number of aromatic nitrogens is 2. The normalized spacial score (nSPS) is 10.3. The number of methoxy groups -OCH3 is 1. The molecule has 0 spiro atoms. The summed E-state index contributed by atoms with van der Waals surface area (Å²) in [4.78, 5) is 0. The van der Waals surface area contributed by atoms with Crippen molar-refractivity contribution in [3.05, 3.63) is 12.3 Å². The molecule has 4 nitrogen and oxygen atoms in total. The lowest BCUT2D eigenvalue weighted by Crippen LogP contribution is -2.03. The molecule has 0 bridgehead atoms. The van der Waals surface area contributed by atoms with Gasteiger partial charge in [0.2, 0.25) is 0 Å². The Kier molecular flexibility index (Phi) is 4.32. The summed E-state index contributed by atoms with van der Waals surface area (Å²) in [6.07, 6.45) is 4.14. The Labute approximate surface area is 78.9 Å². The number of hydrogen-bond donors (Lipinski definition) is 1. The second-order valence-corrected chi connectivity index (χ2v) is 3.00. The average Bonchev–Trinajstić information content (AvgIpc) is 2.51. The second-order valence-electron chi connectivity index (χ2n) is 3.00. The summed E-state index contributed by atoms with van der Waals surface area (Å²) >= 11 is 0. The van der Waals surface area contributed by atoms with Gasteiger partial charge in [-0.25, -0.2) is 0 Å². The van der Waals surface area contributed by atoms with Gasteiger partial charge in [0.25, 0.3) is 0 Å². The van der Waals surface area contributed by atoms with Crippen molar-refractivity contribution in [3.63, 3.8) is 0 Å². The molecule has 1 rings (SSSR count). The molecule has 0 saturated carbocycles. The molecule has 1 aromatic rings. The molecule has 0 amide bonds. The maximum absolute atomic E-state index is 4.95. The molecular weight excluding hydrogens is 166 g/mol. The molecule has 1 aromatic heterocycles. The monoisotopic (exact) mass is 183 g/mol. The number of unbranched alkanes of at least 4 members (excludes halogenated alkanes) is 1. The first kappa shape index (κ1) is 10.1. The number of nitrogens with one attached hydrogen (secondary N) is 1. The minimum absolute atomic E-state index is 0.837. The third-order valence-corrected chi connectivity index (χ3v) is 1.79. The third-order valence-electron chi connectivity index (χ3n) is 1.79. The average molecular weight is 183 g/mol. The number of aryl methyl sites for hydroxylation is 1. The van der Waals surface area contributed by atoms with Gasteiger partial charge in [-0.1, -0.05) is 0 Å². The van der Waals surface area contributed by atoms with Gasteiger partial charge in [0.05, 0.1) is 0 Å².